The molecule has 0 saturated heterocycles. The van der Waals surface area contributed by atoms with Crippen LogP contribution in [0.3, 0.4) is 0 Å². The highest BCUT2D eigenvalue weighted by Crippen LogP contribution is 2.32. The lowest BCUT2D eigenvalue weighted by molar-refractivity contribution is 0.275. The smallest absolute Gasteiger partial charge is 0.239 e. The lowest BCUT2D eigenvalue weighted by Crippen LogP contribution is -2.33. The van der Waals surface area contributed by atoms with Crippen molar-refractivity contribution >= 4 is 11.5 Å². The Balaban J connectivity index is 1.62. The third-order valence-electron chi connectivity index (χ3n) is 4.81. The average Bonchev–Trinajstić information content (AvgIpc) is 3.26. The Bertz CT molecular complexity index is 487. The standard InChI is InChI=1S/C17H27N3O/c1-11-3-7-15(12(2)9-11)19-16-8-6-14(18)17(20-16)21-10-13-4-5-13/h6,8,11-13,15H,3-5,7,9-10,18H2,1-2H3,(H,19,20). The molecule has 21 heavy (non-hydrogen) atoms. The summed E-state index contributed by atoms with van der Waals surface area (Å²) in [5, 5.41) is 3.58. The topological polar surface area (TPSA) is 60.2 Å². The number of nitrogens with one attached hydrogen (secondary N) is 1. The van der Waals surface area contributed by atoms with E-state index in [1.807, 2.05) is 12.1 Å². The third-order valence-corrected chi connectivity index (χ3v) is 4.81. The molecule has 3 atom stereocenters. The maximum Gasteiger partial charge on any atom is 0.239 e. The minimum atomic E-state index is 0.508. The quantitative estimate of drug-likeness (QED) is 0.868. The van der Waals surface area contributed by atoms with Gasteiger partial charge >= 0.3 is 0 Å². The number of aromatic nitrogens is 1. The van der Waals surface area contributed by atoms with Gasteiger partial charge in [0.2, 0.25) is 5.88 Å². The predicted octanol–water partition coefficient (Wildman–Crippen LogP) is 3.69. The van der Waals surface area contributed by atoms with Crippen LogP contribution >= 0.6 is 0 Å². The van der Waals surface area contributed by atoms with Crippen molar-refractivity contribution in [2.75, 3.05) is 17.7 Å². The van der Waals surface area contributed by atoms with Gasteiger partial charge in [0.15, 0.2) is 0 Å². The molecular formula is C17H27N3O. The van der Waals surface area contributed by atoms with Gasteiger partial charge in [0.1, 0.15) is 5.82 Å². The summed E-state index contributed by atoms with van der Waals surface area (Å²) in [6, 6.07) is 4.37. The molecule has 116 valence electrons. The fraction of sp³-hybridized carbons (Fsp3) is 0.706. The van der Waals surface area contributed by atoms with Crippen LogP contribution in [0.15, 0.2) is 12.1 Å². The van der Waals surface area contributed by atoms with E-state index in [1.165, 1.54) is 32.1 Å². The van der Waals surface area contributed by atoms with Crippen LogP contribution in [-0.4, -0.2) is 17.6 Å². The van der Waals surface area contributed by atoms with E-state index in [2.05, 4.69) is 24.1 Å². The molecule has 3 N–H and O–H groups in total. The number of anilines is 2. The van der Waals surface area contributed by atoms with Gasteiger partial charge in [-0.25, -0.2) is 0 Å². The first-order valence-electron chi connectivity index (χ1n) is 8.27. The normalized spacial score (nSPS) is 29.1. The van der Waals surface area contributed by atoms with E-state index in [1.54, 1.807) is 0 Å². The highest BCUT2D eigenvalue weighted by molar-refractivity contribution is 5.54. The van der Waals surface area contributed by atoms with Crippen LogP contribution in [0.2, 0.25) is 0 Å². The van der Waals surface area contributed by atoms with Crippen LogP contribution < -0.4 is 15.8 Å². The van der Waals surface area contributed by atoms with E-state index in [9.17, 15) is 0 Å². The third kappa shape index (κ3) is 3.80. The van der Waals surface area contributed by atoms with Crippen LogP contribution in [0.4, 0.5) is 11.5 Å². The largest absolute Gasteiger partial charge is 0.476 e. The second-order valence-electron chi connectivity index (χ2n) is 6.99. The molecule has 4 nitrogen and oxygen atoms in total. The molecule has 0 aromatic carbocycles. The maximum atomic E-state index is 5.96. The van der Waals surface area contributed by atoms with Gasteiger partial charge in [0, 0.05) is 6.04 Å². The fourth-order valence-electron chi connectivity index (χ4n) is 3.20. The SMILES string of the molecule is CC1CCC(Nc2ccc(N)c(OCC3CC3)n2)C(C)C1. The molecule has 1 heterocycles. The van der Waals surface area contributed by atoms with Crippen molar-refractivity contribution in [3.8, 4) is 5.88 Å². The molecule has 2 fully saturated rings. The molecule has 0 amide bonds. The molecule has 3 unspecified atom stereocenters. The molecule has 2 saturated carbocycles. The Morgan fingerprint density at radius 1 is 1.24 bits per heavy atom. The summed E-state index contributed by atoms with van der Waals surface area (Å²) in [5.74, 6) is 3.71. The number of hydrogen-bond donors (Lipinski definition) is 2. The minimum Gasteiger partial charge on any atom is -0.476 e. The van der Waals surface area contributed by atoms with Crippen molar-refractivity contribution in [2.24, 2.45) is 17.8 Å². The molecule has 4 heteroatoms. The van der Waals surface area contributed by atoms with Crippen molar-refractivity contribution in [1.82, 2.24) is 4.98 Å². The number of ether oxygens (including phenoxy) is 1. The summed E-state index contributed by atoms with van der Waals surface area (Å²) >= 11 is 0. The van der Waals surface area contributed by atoms with Crippen molar-refractivity contribution < 1.29 is 4.74 Å². The monoisotopic (exact) mass is 289 g/mol. The van der Waals surface area contributed by atoms with Gasteiger partial charge in [-0.2, -0.15) is 4.98 Å². The minimum absolute atomic E-state index is 0.508. The Morgan fingerprint density at radius 2 is 2.05 bits per heavy atom. The first kappa shape index (κ1) is 14.5. The van der Waals surface area contributed by atoms with Gasteiger partial charge < -0.3 is 15.8 Å². The molecule has 0 spiro atoms. The number of nitrogens with zero attached hydrogens (tertiary/aromatic N) is 1. The van der Waals surface area contributed by atoms with Crippen LogP contribution in [0.25, 0.3) is 0 Å². The van der Waals surface area contributed by atoms with Crippen LogP contribution in [0.5, 0.6) is 5.88 Å². The molecule has 3 rings (SSSR count). The number of hydrogen-bond acceptors (Lipinski definition) is 4. The molecule has 1 aromatic rings. The maximum absolute atomic E-state index is 5.96. The van der Waals surface area contributed by atoms with E-state index >= 15 is 0 Å². The second kappa shape index (κ2) is 6.12. The summed E-state index contributed by atoms with van der Waals surface area (Å²) in [5.41, 5.74) is 6.59. The van der Waals surface area contributed by atoms with Crippen LogP contribution in [0, 0.1) is 17.8 Å². The molecule has 2 aliphatic carbocycles. The molecule has 0 bridgehead atoms. The van der Waals surface area contributed by atoms with E-state index in [4.69, 9.17) is 10.5 Å². The van der Waals surface area contributed by atoms with Crippen molar-refractivity contribution in [2.45, 2.75) is 52.0 Å². The van der Waals surface area contributed by atoms with Gasteiger partial charge in [-0.15, -0.1) is 0 Å². The van der Waals surface area contributed by atoms with E-state index in [-0.39, 0.29) is 0 Å². The van der Waals surface area contributed by atoms with Gasteiger partial charge in [0.05, 0.1) is 12.3 Å². The number of nitrogen functional groups attached to an aromatic ring is 1. The summed E-state index contributed by atoms with van der Waals surface area (Å²) in [6.07, 6.45) is 6.34. The van der Waals surface area contributed by atoms with Crippen molar-refractivity contribution in [3.05, 3.63) is 12.1 Å². The lowest BCUT2D eigenvalue weighted by atomic mass is 9.80. The zero-order valence-electron chi connectivity index (χ0n) is 13.1. The van der Waals surface area contributed by atoms with Gasteiger partial charge in [-0.1, -0.05) is 13.8 Å². The molecule has 1 aromatic heterocycles. The Hall–Kier alpha value is -1.45. The van der Waals surface area contributed by atoms with E-state index < -0.39 is 0 Å². The summed E-state index contributed by atoms with van der Waals surface area (Å²) < 4.78 is 5.76. The van der Waals surface area contributed by atoms with Crippen LogP contribution in [0.1, 0.15) is 46.0 Å². The molecule has 2 aliphatic rings. The molecular weight excluding hydrogens is 262 g/mol. The molecule has 0 radical (unpaired) electrons. The first-order chi connectivity index (χ1) is 10.1. The highest BCUT2D eigenvalue weighted by Gasteiger charge is 2.26. The number of pyridine rings is 1. The molecule has 0 aliphatic heterocycles. The van der Waals surface area contributed by atoms with Crippen LogP contribution in [-0.2, 0) is 0 Å². The summed E-state index contributed by atoms with van der Waals surface area (Å²) in [7, 11) is 0. The fourth-order valence-corrected chi connectivity index (χ4v) is 3.20. The van der Waals surface area contributed by atoms with E-state index in [0.717, 1.165) is 18.3 Å². The first-order valence-corrected chi connectivity index (χ1v) is 8.27. The number of rotatable bonds is 5. The predicted molar refractivity (Wildman–Crippen MR) is 86.5 cm³/mol. The Labute approximate surface area is 127 Å². The van der Waals surface area contributed by atoms with Gasteiger partial charge in [-0.3, -0.25) is 0 Å². The highest BCUT2D eigenvalue weighted by atomic mass is 16.5. The van der Waals surface area contributed by atoms with Gasteiger partial charge in [0.25, 0.3) is 0 Å². The zero-order valence-corrected chi connectivity index (χ0v) is 13.1. The Morgan fingerprint density at radius 3 is 2.76 bits per heavy atom. The second-order valence-corrected chi connectivity index (χ2v) is 6.99. The zero-order chi connectivity index (χ0) is 14.8. The summed E-state index contributed by atoms with van der Waals surface area (Å²) in [4.78, 5) is 4.56. The van der Waals surface area contributed by atoms with Gasteiger partial charge in [-0.05, 0) is 62.0 Å². The summed E-state index contributed by atoms with van der Waals surface area (Å²) in [6.45, 7) is 5.42. The average molecular weight is 289 g/mol. The number of nitrogens with two attached hydrogens (primary N) is 1. The lowest BCUT2D eigenvalue weighted by Gasteiger charge is -2.33. The van der Waals surface area contributed by atoms with Crippen molar-refractivity contribution in [3.63, 3.8) is 0 Å². The van der Waals surface area contributed by atoms with Crippen molar-refractivity contribution in [1.29, 1.82) is 0 Å². The van der Waals surface area contributed by atoms with E-state index in [0.29, 0.717) is 29.4 Å². The Kier molecular flexibility index (Phi) is 4.22.